The lowest BCUT2D eigenvalue weighted by atomic mass is 10.1. The summed E-state index contributed by atoms with van der Waals surface area (Å²) in [6.45, 7) is 0.109. The van der Waals surface area contributed by atoms with Crippen LogP contribution in [0.2, 0.25) is 0 Å². The smallest absolute Gasteiger partial charge is 0.262 e. The number of carbonyl (C=O) groups excluding carboxylic acids is 1. The largest absolute Gasteiger partial charge is 0.497 e. The van der Waals surface area contributed by atoms with E-state index in [0.29, 0.717) is 6.54 Å². The Morgan fingerprint density at radius 3 is 2.95 bits per heavy atom. The molecule has 1 atom stereocenters. The van der Waals surface area contributed by atoms with Crippen LogP contribution in [0.4, 0.5) is 14.5 Å². The topological polar surface area (TPSA) is 41.6 Å². The molecule has 1 aromatic carbocycles. The summed E-state index contributed by atoms with van der Waals surface area (Å²) in [5.41, 5.74) is 1.82. The fourth-order valence-electron chi connectivity index (χ4n) is 2.81. The molecule has 0 saturated carbocycles. The average Bonchev–Trinajstić information content (AvgIpc) is 3.00. The number of hydrogen-bond donors (Lipinski definition) is 1. The van der Waals surface area contributed by atoms with E-state index in [2.05, 4.69) is 5.32 Å². The zero-order valence-electron chi connectivity index (χ0n) is 11.2. The van der Waals surface area contributed by atoms with E-state index in [-0.39, 0.29) is 5.91 Å². The van der Waals surface area contributed by atoms with Crippen molar-refractivity contribution in [2.45, 2.75) is 24.8 Å². The number of nitrogens with zero attached hydrogens (tertiary/aromatic N) is 1. The highest BCUT2D eigenvalue weighted by molar-refractivity contribution is 5.99. The van der Waals surface area contributed by atoms with Gasteiger partial charge in [-0.05, 0) is 30.2 Å². The number of anilines is 1. The lowest BCUT2D eigenvalue weighted by molar-refractivity contribution is -0.120. The fourth-order valence-corrected chi connectivity index (χ4v) is 2.81. The molecule has 108 valence electrons. The molecule has 2 aliphatic rings. The maximum absolute atomic E-state index is 13.2. The molecule has 1 aromatic rings. The van der Waals surface area contributed by atoms with E-state index < -0.39 is 24.9 Å². The zero-order valence-corrected chi connectivity index (χ0v) is 11.2. The van der Waals surface area contributed by atoms with Gasteiger partial charge in [-0.3, -0.25) is 10.1 Å². The van der Waals surface area contributed by atoms with Crippen LogP contribution in [0.3, 0.4) is 0 Å². The van der Waals surface area contributed by atoms with Crippen molar-refractivity contribution in [1.82, 2.24) is 5.32 Å². The van der Waals surface area contributed by atoms with E-state index in [4.69, 9.17) is 4.74 Å². The minimum atomic E-state index is -2.79. The molecule has 1 amide bonds. The number of ether oxygens (including phenoxy) is 1. The Labute approximate surface area is 115 Å². The van der Waals surface area contributed by atoms with Crippen LogP contribution in [0, 0.1) is 0 Å². The van der Waals surface area contributed by atoms with Gasteiger partial charge >= 0.3 is 0 Å². The lowest BCUT2D eigenvalue weighted by Crippen LogP contribution is -2.42. The number of carbonyl (C=O) groups is 1. The fraction of sp³-hybridized carbons (Fsp3) is 0.500. The number of methoxy groups -OCH3 is 1. The van der Waals surface area contributed by atoms with Crippen molar-refractivity contribution in [3.05, 3.63) is 23.8 Å². The zero-order chi connectivity index (χ0) is 14.3. The van der Waals surface area contributed by atoms with Crippen LogP contribution >= 0.6 is 0 Å². The predicted molar refractivity (Wildman–Crippen MR) is 70.4 cm³/mol. The van der Waals surface area contributed by atoms with Gasteiger partial charge in [0.05, 0.1) is 19.7 Å². The van der Waals surface area contributed by atoms with Gasteiger partial charge in [0.25, 0.3) is 5.92 Å². The lowest BCUT2D eigenvalue weighted by Gasteiger charge is -2.21. The number of hydrogen-bond acceptors (Lipinski definition) is 3. The van der Waals surface area contributed by atoms with Crippen LogP contribution in [0.25, 0.3) is 0 Å². The van der Waals surface area contributed by atoms with E-state index in [1.54, 1.807) is 18.1 Å². The molecule has 1 fully saturated rings. The molecule has 0 bridgehead atoms. The number of fused-ring (bicyclic) bond motifs is 1. The Balaban J connectivity index is 1.79. The summed E-state index contributed by atoms with van der Waals surface area (Å²) in [6.07, 6.45) is 0.301. The minimum absolute atomic E-state index is 0.272. The molecular formula is C14H16F2N2O2. The predicted octanol–water partition coefficient (Wildman–Crippen LogP) is 1.58. The first-order valence-corrected chi connectivity index (χ1v) is 6.60. The summed E-state index contributed by atoms with van der Waals surface area (Å²) in [5, 5.41) is 2.61. The highest BCUT2D eigenvalue weighted by Crippen LogP contribution is 2.33. The van der Waals surface area contributed by atoms with Gasteiger partial charge in [-0.25, -0.2) is 8.78 Å². The second-order valence-electron chi connectivity index (χ2n) is 5.23. The van der Waals surface area contributed by atoms with Gasteiger partial charge in [-0.2, -0.15) is 0 Å². The second kappa shape index (κ2) is 4.70. The Hall–Kier alpha value is -1.69. The van der Waals surface area contributed by atoms with Gasteiger partial charge in [-0.15, -0.1) is 0 Å². The van der Waals surface area contributed by atoms with Crippen molar-refractivity contribution in [3.8, 4) is 5.75 Å². The van der Waals surface area contributed by atoms with Crippen molar-refractivity contribution < 1.29 is 18.3 Å². The number of amides is 1. The molecule has 1 unspecified atom stereocenters. The number of alkyl halides is 2. The quantitative estimate of drug-likeness (QED) is 0.895. The Morgan fingerprint density at radius 1 is 1.50 bits per heavy atom. The molecule has 1 saturated heterocycles. The van der Waals surface area contributed by atoms with Crippen LogP contribution in [0.5, 0.6) is 5.75 Å². The average molecular weight is 282 g/mol. The summed E-state index contributed by atoms with van der Waals surface area (Å²) < 4.78 is 31.5. The van der Waals surface area contributed by atoms with Crippen LogP contribution in [-0.4, -0.2) is 38.1 Å². The maximum Gasteiger partial charge on any atom is 0.262 e. The van der Waals surface area contributed by atoms with E-state index in [9.17, 15) is 13.6 Å². The van der Waals surface area contributed by atoms with Gasteiger partial charge in [0.2, 0.25) is 5.91 Å². The van der Waals surface area contributed by atoms with Crippen molar-refractivity contribution in [2.24, 2.45) is 0 Å². The standard InChI is InChI=1S/C14H16F2N2O2/c1-20-10-2-3-12-9(6-10)4-5-18(12)13(19)11-7-14(15,16)8-17-11/h2-3,6,11,17H,4-5,7-8H2,1H3. The minimum Gasteiger partial charge on any atom is -0.497 e. The van der Waals surface area contributed by atoms with Crippen LogP contribution in [0.15, 0.2) is 18.2 Å². The molecule has 3 rings (SSSR count). The molecule has 0 aliphatic carbocycles. The van der Waals surface area contributed by atoms with E-state index in [1.807, 2.05) is 12.1 Å². The third kappa shape index (κ3) is 2.24. The number of benzene rings is 1. The van der Waals surface area contributed by atoms with Gasteiger partial charge in [0.1, 0.15) is 5.75 Å². The molecule has 4 nitrogen and oxygen atoms in total. The second-order valence-corrected chi connectivity index (χ2v) is 5.23. The van der Waals surface area contributed by atoms with E-state index in [0.717, 1.165) is 23.4 Å². The first-order valence-electron chi connectivity index (χ1n) is 6.60. The van der Waals surface area contributed by atoms with E-state index >= 15 is 0 Å². The van der Waals surface area contributed by atoms with Gasteiger partial charge in [-0.1, -0.05) is 0 Å². The van der Waals surface area contributed by atoms with E-state index in [1.165, 1.54) is 0 Å². The monoisotopic (exact) mass is 282 g/mol. The first kappa shape index (κ1) is 13.3. The van der Waals surface area contributed by atoms with Crippen molar-refractivity contribution >= 4 is 11.6 Å². The summed E-state index contributed by atoms with van der Waals surface area (Å²) in [4.78, 5) is 13.9. The van der Waals surface area contributed by atoms with Crippen molar-refractivity contribution in [3.63, 3.8) is 0 Å². The van der Waals surface area contributed by atoms with Crippen molar-refractivity contribution in [1.29, 1.82) is 0 Å². The highest BCUT2D eigenvalue weighted by Gasteiger charge is 2.44. The molecule has 0 spiro atoms. The van der Waals surface area contributed by atoms with Crippen LogP contribution in [-0.2, 0) is 11.2 Å². The molecule has 20 heavy (non-hydrogen) atoms. The Morgan fingerprint density at radius 2 is 2.30 bits per heavy atom. The summed E-state index contributed by atoms with van der Waals surface area (Å²) in [5.74, 6) is -2.32. The van der Waals surface area contributed by atoms with Crippen LogP contribution < -0.4 is 15.0 Å². The summed E-state index contributed by atoms with van der Waals surface area (Å²) in [6, 6.07) is 4.69. The number of rotatable bonds is 2. The number of halogens is 2. The van der Waals surface area contributed by atoms with Gasteiger partial charge < -0.3 is 9.64 Å². The SMILES string of the molecule is COc1ccc2c(c1)CCN2C(=O)C1CC(F)(F)CN1. The molecule has 1 N–H and O–H groups in total. The molecule has 6 heteroatoms. The van der Waals surface area contributed by atoms with Crippen molar-refractivity contribution in [2.75, 3.05) is 25.1 Å². The molecule has 2 heterocycles. The highest BCUT2D eigenvalue weighted by atomic mass is 19.3. The molecule has 0 aromatic heterocycles. The third-order valence-corrected chi connectivity index (χ3v) is 3.86. The van der Waals surface area contributed by atoms with Gasteiger partial charge in [0, 0.05) is 18.7 Å². The number of nitrogens with one attached hydrogen (secondary N) is 1. The normalized spacial score (nSPS) is 23.8. The Bertz CT molecular complexity index is 548. The molecule has 0 radical (unpaired) electrons. The molecular weight excluding hydrogens is 266 g/mol. The third-order valence-electron chi connectivity index (χ3n) is 3.86. The van der Waals surface area contributed by atoms with Crippen LogP contribution in [0.1, 0.15) is 12.0 Å². The maximum atomic E-state index is 13.2. The van der Waals surface area contributed by atoms with Gasteiger partial charge in [0.15, 0.2) is 0 Å². The first-order chi connectivity index (χ1) is 9.50. The Kier molecular flexibility index (Phi) is 3.12. The summed E-state index contributed by atoms with van der Waals surface area (Å²) in [7, 11) is 1.59. The summed E-state index contributed by atoms with van der Waals surface area (Å²) >= 11 is 0. The molecule has 2 aliphatic heterocycles.